The van der Waals surface area contributed by atoms with Gasteiger partial charge in [-0.3, -0.25) is 4.79 Å². The van der Waals surface area contributed by atoms with Crippen LogP contribution in [0, 0.1) is 5.82 Å². The van der Waals surface area contributed by atoms with Crippen LogP contribution in [-0.2, 0) is 24.4 Å². The van der Waals surface area contributed by atoms with Crippen molar-refractivity contribution in [1.29, 1.82) is 0 Å². The molecule has 152 valence electrons. The third-order valence-electron chi connectivity index (χ3n) is 4.74. The lowest BCUT2D eigenvalue weighted by Crippen LogP contribution is -2.04. The van der Waals surface area contributed by atoms with Gasteiger partial charge in [0.25, 0.3) is 0 Å². The van der Waals surface area contributed by atoms with Gasteiger partial charge in [-0.2, -0.15) is 0 Å². The maximum absolute atomic E-state index is 14.9. The number of carbonyl (C=O) groups is 1. The minimum Gasteiger partial charge on any atom is -0.487 e. The van der Waals surface area contributed by atoms with E-state index in [4.69, 9.17) is 14.9 Å². The lowest BCUT2D eigenvalue weighted by atomic mass is 10.0. The van der Waals surface area contributed by atoms with Crippen molar-refractivity contribution in [3.05, 3.63) is 83.5 Å². The number of halogens is 1. The number of rotatable bonds is 7. The molecule has 30 heavy (non-hydrogen) atoms. The number of furan rings is 1. The number of aromatic nitrogens is 1. The van der Waals surface area contributed by atoms with Crippen LogP contribution >= 0.6 is 12.6 Å². The fourth-order valence-electron chi connectivity index (χ4n) is 3.34. The Kier molecular flexibility index (Phi) is 5.83. The van der Waals surface area contributed by atoms with Crippen molar-refractivity contribution < 1.29 is 18.3 Å². The molecule has 2 heterocycles. The molecule has 0 amide bonds. The van der Waals surface area contributed by atoms with Crippen LogP contribution in [0.3, 0.4) is 0 Å². The fraction of sp³-hybridized carbons (Fsp3) is 0.130. The number of hydrogen-bond donors (Lipinski definition) is 2. The van der Waals surface area contributed by atoms with Crippen LogP contribution in [0.4, 0.5) is 4.39 Å². The number of nitrogens with zero attached hydrogens (tertiary/aromatic N) is 1. The zero-order valence-corrected chi connectivity index (χ0v) is 16.9. The maximum atomic E-state index is 14.9. The van der Waals surface area contributed by atoms with Crippen molar-refractivity contribution in [2.24, 2.45) is 5.73 Å². The number of fused-ring (bicyclic) bond motifs is 1. The molecule has 0 spiro atoms. The first kappa shape index (κ1) is 20.1. The quantitative estimate of drug-likeness (QED) is 0.423. The average Bonchev–Trinajstić information content (AvgIpc) is 3.21. The van der Waals surface area contributed by atoms with Gasteiger partial charge in [-0.05, 0) is 12.1 Å². The molecule has 0 radical (unpaired) electrons. The molecule has 0 aliphatic carbocycles. The van der Waals surface area contributed by atoms with Gasteiger partial charge in [0.1, 0.15) is 23.7 Å². The summed E-state index contributed by atoms with van der Waals surface area (Å²) in [5.41, 5.74) is 9.48. The molecule has 2 aromatic carbocycles. The predicted molar refractivity (Wildman–Crippen MR) is 116 cm³/mol. The highest BCUT2D eigenvalue weighted by Crippen LogP contribution is 2.32. The fourth-order valence-corrected chi connectivity index (χ4v) is 3.51. The highest BCUT2D eigenvalue weighted by molar-refractivity contribution is 7.96. The van der Waals surface area contributed by atoms with Crippen LogP contribution < -0.4 is 10.5 Å². The monoisotopic (exact) mass is 422 g/mol. The van der Waals surface area contributed by atoms with E-state index in [2.05, 4.69) is 17.6 Å². The molecule has 0 unspecified atom stereocenters. The number of benzene rings is 2. The summed E-state index contributed by atoms with van der Waals surface area (Å²) in [7, 11) is 0. The molecule has 5 nitrogen and oxygen atoms in total. The van der Waals surface area contributed by atoms with Gasteiger partial charge in [-0.25, -0.2) is 9.37 Å². The first-order valence-corrected chi connectivity index (χ1v) is 9.79. The van der Waals surface area contributed by atoms with E-state index >= 15 is 0 Å². The van der Waals surface area contributed by atoms with E-state index in [9.17, 15) is 9.18 Å². The lowest BCUT2D eigenvalue weighted by Gasteiger charge is -2.12. The number of pyridine rings is 1. The summed E-state index contributed by atoms with van der Waals surface area (Å²) in [5, 5.41) is -0.249. The number of thiol groups is 1. The minimum absolute atomic E-state index is 0.0999. The first-order valence-electron chi connectivity index (χ1n) is 9.34. The highest BCUT2D eigenvalue weighted by Gasteiger charge is 2.16. The predicted octanol–water partition coefficient (Wildman–Crippen LogP) is 4.67. The summed E-state index contributed by atoms with van der Waals surface area (Å²) in [6, 6.07) is 15.8. The van der Waals surface area contributed by atoms with E-state index in [0.717, 1.165) is 5.56 Å². The molecule has 4 aromatic rings. The number of hydrogen-bond acceptors (Lipinski definition) is 5. The Morgan fingerprint density at radius 3 is 2.70 bits per heavy atom. The van der Waals surface area contributed by atoms with Crippen molar-refractivity contribution in [2.45, 2.75) is 19.6 Å². The van der Waals surface area contributed by atoms with Gasteiger partial charge in [0, 0.05) is 41.3 Å². The number of ether oxygens (including phenoxy) is 1. The molecule has 0 saturated carbocycles. The zero-order chi connectivity index (χ0) is 21.1. The molecule has 0 bridgehead atoms. The Balaban J connectivity index is 1.70. The van der Waals surface area contributed by atoms with E-state index in [1.165, 1.54) is 6.26 Å². The van der Waals surface area contributed by atoms with Crippen molar-refractivity contribution in [2.75, 3.05) is 0 Å². The largest absolute Gasteiger partial charge is 0.487 e. The standard InChI is InChI=1S/C23H19FN2O3S/c24-22-15(12-25)5-3-6-17(22)18-11-16(26-19-8-9-28-23(18)19)13-29-20-7-2-1-4-14(20)10-21(27)30/h1-9,11H,10,12-13,25H2,(H,27,30). The molecular formula is C23H19FN2O3S. The molecule has 0 aliphatic heterocycles. The van der Waals surface area contributed by atoms with Crippen LogP contribution in [0.1, 0.15) is 16.8 Å². The normalized spacial score (nSPS) is 11.0. The van der Waals surface area contributed by atoms with Gasteiger partial charge in [0.2, 0.25) is 0 Å². The molecule has 4 rings (SSSR count). The van der Waals surface area contributed by atoms with Gasteiger partial charge >= 0.3 is 0 Å². The summed E-state index contributed by atoms with van der Waals surface area (Å²) in [4.78, 5) is 15.9. The molecule has 0 saturated heterocycles. The van der Waals surface area contributed by atoms with Crippen molar-refractivity contribution in [3.63, 3.8) is 0 Å². The second kappa shape index (κ2) is 8.69. The summed E-state index contributed by atoms with van der Waals surface area (Å²) in [5.74, 6) is 0.195. The number of para-hydroxylation sites is 1. The zero-order valence-electron chi connectivity index (χ0n) is 16.0. The Morgan fingerprint density at radius 2 is 1.90 bits per heavy atom. The summed E-state index contributed by atoms with van der Waals surface area (Å²) in [6.45, 7) is 0.243. The SMILES string of the molecule is NCc1cccc(-c2cc(COc3ccccc3CC(=O)S)nc3ccoc23)c1F. The Bertz CT molecular complexity index is 1220. The molecular weight excluding hydrogens is 403 g/mol. The highest BCUT2D eigenvalue weighted by atomic mass is 32.1. The Hall–Kier alpha value is -3.16. The molecule has 0 fully saturated rings. The summed E-state index contributed by atoms with van der Waals surface area (Å²) in [6.07, 6.45) is 1.68. The van der Waals surface area contributed by atoms with Crippen LogP contribution in [-0.4, -0.2) is 10.1 Å². The number of nitrogens with two attached hydrogens (primary N) is 1. The maximum Gasteiger partial charge on any atom is 0.190 e. The first-order chi connectivity index (χ1) is 14.6. The van der Waals surface area contributed by atoms with Crippen LogP contribution in [0.15, 0.2) is 65.3 Å². The molecule has 7 heteroatoms. The molecule has 0 atom stereocenters. The smallest absolute Gasteiger partial charge is 0.190 e. The summed E-state index contributed by atoms with van der Waals surface area (Å²) >= 11 is 3.85. The molecule has 0 aliphatic rings. The van der Waals surface area contributed by atoms with E-state index < -0.39 is 0 Å². The van der Waals surface area contributed by atoms with Crippen molar-refractivity contribution in [3.8, 4) is 16.9 Å². The van der Waals surface area contributed by atoms with Gasteiger partial charge in [0.05, 0.1) is 12.0 Å². The Morgan fingerprint density at radius 1 is 1.10 bits per heavy atom. The molecule has 2 N–H and O–H groups in total. The molecule has 2 aromatic heterocycles. The van der Waals surface area contributed by atoms with E-state index in [1.54, 1.807) is 36.4 Å². The van der Waals surface area contributed by atoms with Crippen LogP contribution in [0.25, 0.3) is 22.2 Å². The third-order valence-corrected chi connectivity index (χ3v) is 4.90. The topological polar surface area (TPSA) is 78.4 Å². The van der Waals surface area contributed by atoms with E-state index in [-0.39, 0.29) is 30.5 Å². The van der Waals surface area contributed by atoms with Gasteiger partial charge in [0.15, 0.2) is 10.7 Å². The van der Waals surface area contributed by atoms with Gasteiger partial charge < -0.3 is 14.9 Å². The van der Waals surface area contributed by atoms with Crippen molar-refractivity contribution in [1.82, 2.24) is 4.98 Å². The van der Waals surface area contributed by atoms with Crippen molar-refractivity contribution >= 4 is 28.8 Å². The minimum atomic E-state index is -0.381. The van der Waals surface area contributed by atoms with Gasteiger partial charge in [-0.1, -0.05) is 36.4 Å². The summed E-state index contributed by atoms with van der Waals surface area (Å²) < 4.78 is 26.4. The van der Waals surface area contributed by atoms with Crippen LogP contribution in [0.2, 0.25) is 0 Å². The third kappa shape index (κ3) is 4.08. The second-order valence-corrected chi connectivity index (χ2v) is 7.24. The Labute approximate surface area is 178 Å². The number of carbonyl (C=O) groups excluding carboxylic acids is 1. The van der Waals surface area contributed by atoms with E-state index in [1.807, 2.05) is 18.2 Å². The van der Waals surface area contributed by atoms with Gasteiger partial charge in [-0.15, -0.1) is 12.6 Å². The average molecular weight is 422 g/mol. The van der Waals surface area contributed by atoms with Crippen LogP contribution in [0.5, 0.6) is 5.75 Å². The lowest BCUT2D eigenvalue weighted by molar-refractivity contribution is -0.110. The van der Waals surface area contributed by atoms with E-state index in [0.29, 0.717) is 39.2 Å². The second-order valence-electron chi connectivity index (χ2n) is 6.75.